The van der Waals surface area contributed by atoms with E-state index in [9.17, 15) is 0 Å². The van der Waals surface area contributed by atoms with Gasteiger partial charge in [0.15, 0.2) is 11.5 Å². The van der Waals surface area contributed by atoms with Gasteiger partial charge in [0.1, 0.15) is 13.2 Å². The maximum absolute atomic E-state index is 6.21. The minimum absolute atomic E-state index is 0.568. The van der Waals surface area contributed by atoms with Crippen LogP contribution in [0.1, 0.15) is 32.3 Å². The smallest absolute Gasteiger partial charge is 0.179 e. The Bertz CT molecular complexity index is 419. The number of nitrogens with one attached hydrogen (secondary N) is 1. The highest BCUT2D eigenvalue weighted by molar-refractivity contribution is 6.32. The van der Waals surface area contributed by atoms with Crippen LogP contribution in [-0.4, -0.2) is 19.8 Å². The van der Waals surface area contributed by atoms with Gasteiger partial charge in [-0.2, -0.15) is 0 Å². The van der Waals surface area contributed by atoms with Crippen LogP contribution in [0.25, 0.3) is 0 Å². The third-order valence-electron chi connectivity index (χ3n) is 3.57. The molecule has 0 spiro atoms. The van der Waals surface area contributed by atoms with Crippen molar-refractivity contribution in [3.05, 3.63) is 22.7 Å². The van der Waals surface area contributed by atoms with Gasteiger partial charge in [-0.05, 0) is 30.2 Å². The fourth-order valence-electron chi connectivity index (χ4n) is 2.26. The van der Waals surface area contributed by atoms with Crippen molar-refractivity contribution >= 4 is 11.6 Å². The van der Waals surface area contributed by atoms with Crippen LogP contribution in [0.4, 0.5) is 0 Å². The second-order valence-corrected chi connectivity index (χ2v) is 5.32. The zero-order valence-electron chi connectivity index (χ0n) is 11.7. The van der Waals surface area contributed by atoms with Crippen LogP contribution in [0.3, 0.4) is 0 Å². The van der Waals surface area contributed by atoms with Crippen molar-refractivity contribution in [2.24, 2.45) is 5.92 Å². The van der Waals surface area contributed by atoms with E-state index in [4.69, 9.17) is 21.1 Å². The Labute approximate surface area is 120 Å². The molecule has 19 heavy (non-hydrogen) atoms. The van der Waals surface area contributed by atoms with E-state index in [2.05, 4.69) is 19.2 Å². The van der Waals surface area contributed by atoms with Crippen molar-refractivity contribution in [1.82, 2.24) is 5.32 Å². The molecule has 1 aliphatic rings. The minimum atomic E-state index is 0.568. The number of hydrogen-bond donors (Lipinski definition) is 1. The van der Waals surface area contributed by atoms with Gasteiger partial charge in [-0.15, -0.1) is 0 Å². The third-order valence-corrected chi connectivity index (χ3v) is 3.85. The lowest BCUT2D eigenvalue weighted by atomic mass is 10.0. The summed E-state index contributed by atoms with van der Waals surface area (Å²) in [6.45, 7) is 7.48. The number of ether oxygens (including phenoxy) is 2. The molecule has 0 atom stereocenters. The Morgan fingerprint density at radius 3 is 2.68 bits per heavy atom. The molecule has 4 heteroatoms. The van der Waals surface area contributed by atoms with E-state index in [1.807, 2.05) is 12.1 Å². The molecule has 1 aliphatic heterocycles. The fraction of sp³-hybridized carbons (Fsp3) is 0.600. The molecular weight excluding hydrogens is 262 g/mol. The zero-order valence-corrected chi connectivity index (χ0v) is 12.4. The molecule has 0 aromatic heterocycles. The summed E-state index contributed by atoms with van der Waals surface area (Å²) in [4.78, 5) is 0. The zero-order chi connectivity index (χ0) is 13.7. The molecule has 2 rings (SSSR count). The van der Waals surface area contributed by atoms with Gasteiger partial charge in [0.2, 0.25) is 0 Å². The van der Waals surface area contributed by atoms with Crippen LogP contribution >= 0.6 is 11.6 Å². The van der Waals surface area contributed by atoms with E-state index in [0.717, 1.165) is 30.3 Å². The molecule has 1 aromatic carbocycles. The van der Waals surface area contributed by atoms with Gasteiger partial charge < -0.3 is 14.8 Å². The van der Waals surface area contributed by atoms with Crippen LogP contribution in [-0.2, 0) is 6.54 Å². The summed E-state index contributed by atoms with van der Waals surface area (Å²) in [6, 6.07) is 3.97. The van der Waals surface area contributed by atoms with Gasteiger partial charge >= 0.3 is 0 Å². The summed E-state index contributed by atoms with van der Waals surface area (Å²) in [5.74, 6) is 2.18. The molecule has 0 aliphatic carbocycles. The van der Waals surface area contributed by atoms with Crippen molar-refractivity contribution < 1.29 is 9.47 Å². The highest BCUT2D eigenvalue weighted by atomic mass is 35.5. The van der Waals surface area contributed by atoms with Crippen LogP contribution in [0, 0.1) is 5.92 Å². The molecule has 1 N–H and O–H groups in total. The summed E-state index contributed by atoms with van der Waals surface area (Å²) in [7, 11) is 0. The third kappa shape index (κ3) is 3.77. The Morgan fingerprint density at radius 2 is 1.95 bits per heavy atom. The van der Waals surface area contributed by atoms with Gasteiger partial charge in [-0.1, -0.05) is 38.3 Å². The highest BCUT2D eigenvalue weighted by Crippen LogP contribution is 2.38. The summed E-state index contributed by atoms with van der Waals surface area (Å²) in [5, 5.41) is 4.12. The van der Waals surface area contributed by atoms with E-state index >= 15 is 0 Å². The number of halogens is 1. The monoisotopic (exact) mass is 283 g/mol. The maximum Gasteiger partial charge on any atom is 0.179 e. The van der Waals surface area contributed by atoms with Gasteiger partial charge in [-0.3, -0.25) is 0 Å². The quantitative estimate of drug-likeness (QED) is 0.865. The summed E-state index contributed by atoms with van der Waals surface area (Å²) in [6.07, 6.45) is 2.43. The number of hydrogen-bond acceptors (Lipinski definition) is 3. The first kappa shape index (κ1) is 14.5. The van der Waals surface area contributed by atoms with Gasteiger partial charge in [-0.25, -0.2) is 0 Å². The second-order valence-electron chi connectivity index (χ2n) is 4.92. The summed E-state index contributed by atoms with van der Waals surface area (Å²) in [5.41, 5.74) is 1.14. The lowest BCUT2D eigenvalue weighted by Crippen LogP contribution is -2.22. The van der Waals surface area contributed by atoms with Crippen molar-refractivity contribution in [3.63, 3.8) is 0 Å². The SMILES string of the molecule is CCC(CC)CNCc1cc(Cl)c2c(c1)OCCO2. The molecule has 3 nitrogen and oxygen atoms in total. The normalized spacial score (nSPS) is 13.9. The van der Waals surface area contributed by atoms with E-state index < -0.39 is 0 Å². The fourth-order valence-corrected chi connectivity index (χ4v) is 2.55. The van der Waals surface area contributed by atoms with E-state index in [-0.39, 0.29) is 0 Å². The number of rotatable bonds is 6. The molecule has 106 valence electrons. The Morgan fingerprint density at radius 1 is 1.21 bits per heavy atom. The van der Waals surface area contributed by atoms with Crippen LogP contribution in [0.2, 0.25) is 5.02 Å². The lowest BCUT2D eigenvalue weighted by Gasteiger charge is -2.20. The van der Waals surface area contributed by atoms with Crippen molar-refractivity contribution in [3.8, 4) is 11.5 Å². The Hall–Kier alpha value is -0.930. The summed E-state index contributed by atoms with van der Waals surface area (Å²) < 4.78 is 11.1. The topological polar surface area (TPSA) is 30.5 Å². The minimum Gasteiger partial charge on any atom is -0.486 e. The predicted molar refractivity (Wildman–Crippen MR) is 78.2 cm³/mol. The number of fused-ring (bicyclic) bond motifs is 1. The lowest BCUT2D eigenvalue weighted by molar-refractivity contribution is 0.171. The average Bonchev–Trinajstić information content (AvgIpc) is 2.44. The standard InChI is InChI=1S/C15H22ClNO2/c1-3-11(4-2)9-17-10-12-7-13(16)15-14(8-12)18-5-6-19-15/h7-8,11,17H,3-6,9-10H2,1-2H3. The Balaban J connectivity index is 1.96. The van der Waals surface area contributed by atoms with E-state index in [1.165, 1.54) is 12.8 Å². The summed E-state index contributed by atoms with van der Waals surface area (Å²) >= 11 is 6.21. The first-order valence-corrected chi connectivity index (χ1v) is 7.41. The van der Waals surface area contributed by atoms with Crippen molar-refractivity contribution in [2.75, 3.05) is 19.8 Å². The average molecular weight is 284 g/mol. The maximum atomic E-state index is 6.21. The van der Waals surface area contributed by atoms with Crippen LogP contribution in [0.15, 0.2) is 12.1 Å². The van der Waals surface area contributed by atoms with Gasteiger partial charge in [0.05, 0.1) is 5.02 Å². The molecule has 0 fully saturated rings. The molecule has 1 heterocycles. The molecule has 0 saturated carbocycles. The molecule has 1 aromatic rings. The molecule has 0 bridgehead atoms. The highest BCUT2D eigenvalue weighted by Gasteiger charge is 2.16. The number of benzene rings is 1. The van der Waals surface area contributed by atoms with Crippen LogP contribution in [0.5, 0.6) is 11.5 Å². The molecule has 0 unspecified atom stereocenters. The molecule has 0 radical (unpaired) electrons. The van der Waals surface area contributed by atoms with E-state index in [0.29, 0.717) is 24.0 Å². The molecule has 0 saturated heterocycles. The van der Waals surface area contributed by atoms with Crippen molar-refractivity contribution in [2.45, 2.75) is 33.2 Å². The van der Waals surface area contributed by atoms with Gasteiger partial charge in [0, 0.05) is 6.54 Å². The first-order chi connectivity index (χ1) is 9.24. The van der Waals surface area contributed by atoms with Gasteiger partial charge in [0.25, 0.3) is 0 Å². The molecular formula is C15H22ClNO2. The van der Waals surface area contributed by atoms with E-state index in [1.54, 1.807) is 0 Å². The Kier molecular flexibility index (Phi) is 5.34. The predicted octanol–water partition coefficient (Wildman–Crippen LogP) is 3.64. The van der Waals surface area contributed by atoms with Crippen molar-refractivity contribution in [1.29, 1.82) is 0 Å². The molecule has 0 amide bonds. The second kappa shape index (κ2) is 7.01. The van der Waals surface area contributed by atoms with Crippen LogP contribution < -0.4 is 14.8 Å². The largest absolute Gasteiger partial charge is 0.486 e. The first-order valence-electron chi connectivity index (χ1n) is 7.03.